The molecule has 128 valence electrons. The summed E-state index contributed by atoms with van der Waals surface area (Å²) < 4.78 is 11.2. The minimum atomic E-state index is 0.264. The van der Waals surface area contributed by atoms with Crippen molar-refractivity contribution in [1.29, 1.82) is 0 Å². The molecule has 0 spiro atoms. The van der Waals surface area contributed by atoms with E-state index in [2.05, 4.69) is 15.8 Å². The molecular weight excluding hydrogens is 342 g/mol. The molecule has 5 nitrogen and oxygen atoms in total. The number of nitrogens with one attached hydrogen (secondary N) is 2. The van der Waals surface area contributed by atoms with Crippen LogP contribution in [-0.2, 0) is 6.61 Å². The summed E-state index contributed by atoms with van der Waals surface area (Å²) in [7, 11) is 1.62. The smallest absolute Gasteiger partial charge is 0.187 e. The quantitative estimate of drug-likeness (QED) is 0.448. The van der Waals surface area contributed by atoms with Gasteiger partial charge in [0, 0.05) is 10.9 Å². The molecule has 0 fully saturated rings. The van der Waals surface area contributed by atoms with Crippen molar-refractivity contribution < 1.29 is 9.47 Å². The van der Waals surface area contributed by atoms with E-state index in [1.807, 2.05) is 49.6 Å². The van der Waals surface area contributed by atoms with Crippen molar-refractivity contribution in [2.45, 2.75) is 26.5 Å². The second-order valence-electron chi connectivity index (χ2n) is 5.28. The van der Waals surface area contributed by atoms with Crippen LogP contribution in [0.5, 0.6) is 11.5 Å². The van der Waals surface area contributed by atoms with E-state index in [1.54, 1.807) is 24.7 Å². The number of nitrogens with zero attached hydrogens (tertiary/aromatic N) is 1. The molecule has 1 aromatic heterocycles. The number of methoxy groups -OCH3 is 1. The molecule has 0 atom stereocenters. The van der Waals surface area contributed by atoms with Crippen molar-refractivity contribution in [3.05, 3.63) is 46.2 Å². The number of hydrogen-bond acceptors (Lipinski definition) is 5. The van der Waals surface area contributed by atoms with Crippen molar-refractivity contribution in [2.75, 3.05) is 7.11 Å². The molecule has 2 N–H and O–H groups in total. The fourth-order valence-electron chi connectivity index (χ4n) is 1.89. The van der Waals surface area contributed by atoms with Gasteiger partial charge >= 0.3 is 0 Å². The second kappa shape index (κ2) is 9.24. The van der Waals surface area contributed by atoms with Gasteiger partial charge < -0.3 is 14.8 Å². The van der Waals surface area contributed by atoms with E-state index in [9.17, 15) is 0 Å². The lowest BCUT2D eigenvalue weighted by molar-refractivity contribution is 0.287. The standard InChI is InChI=1S/C17H21N3O2S2/c1-12(2)19-17(23)20-18-10-13-6-7-15(16(9-13)21-3)22-11-14-5-4-8-24-14/h4-10,12H,11H2,1-3H3,(H2,19,20,23)/b18-10-. The number of thiophene rings is 1. The van der Waals surface area contributed by atoms with Crippen LogP contribution < -0.4 is 20.2 Å². The Morgan fingerprint density at radius 1 is 1.33 bits per heavy atom. The lowest BCUT2D eigenvalue weighted by atomic mass is 10.2. The Kier molecular flexibility index (Phi) is 7.02. The van der Waals surface area contributed by atoms with Crippen molar-refractivity contribution in [3.63, 3.8) is 0 Å². The molecule has 0 unspecified atom stereocenters. The van der Waals surface area contributed by atoms with Crippen LogP contribution >= 0.6 is 23.6 Å². The first-order valence-corrected chi connectivity index (χ1v) is 8.80. The molecule has 1 aromatic carbocycles. The van der Waals surface area contributed by atoms with E-state index in [0.29, 0.717) is 23.2 Å². The summed E-state index contributed by atoms with van der Waals surface area (Å²) in [6.07, 6.45) is 1.68. The van der Waals surface area contributed by atoms with Crippen LogP contribution in [0.15, 0.2) is 40.8 Å². The van der Waals surface area contributed by atoms with Crippen molar-refractivity contribution in [3.8, 4) is 11.5 Å². The molecule has 1 heterocycles. The van der Waals surface area contributed by atoms with Gasteiger partial charge in [-0.3, -0.25) is 5.43 Å². The highest BCUT2D eigenvalue weighted by molar-refractivity contribution is 7.80. The zero-order valence-electron chi connectivity index (χ0n) is 13.9. The van der Waals surface area contributed by atoms with Gasteiger partial charge in [0.2, 0.25) is 0 Å². The first-order valence-electron chi connectivity index (χ1n) is 7.51. The molecule has 0 saturated heterocycles. The maximum Gasteiger partial charge on any atom is 0.187 e. The SMILES string of the molecule is COc1cc(/C=N\NC(=S)NC(C)C)ccc1OCc1cccs1. The summed E-state index contributed by atoms with van der Waals surface area (Å²) in [6.45, 7) is 4.55. The fourth-order valence-corrected chi connectivity index (χ4v) is 2.79. The van der Waals surface area contributed by atoms with Gasteiger partial charge in [-0.2, -0.15) is 5.10 Å². The van der Waals surface area contributed by atoms with E-state index in [0.717, 1.165) is 10.4 Å². The first kappa shape index (κ1) is 18.2. The zero-order chi connectivity index (χ0) is 17.4. The van der Waals surface area contributed by atoms with Crippen LogP contribution in [0.1, 0.15) is 24.3 Å². The van der Waals surface area contributed by atoms with Crippen LogP contribution in [0.2, 0.25) is 0 Å². The van der Waals surface area contributed by atoms with Crippen LogP contribution in [0, 0.1) is 0 Å². The Balaban J connectivity index is 1.96. The topological polar surface area (TPSA) is 54.9 Å². The summed E-state index contributed by atoms with van der Waals surface area (Å²) >= 11 is 6.77. The Labute approximate surface area is 151 Å². The maximum atomic E-state index is 5.81. The summed E-state index contributed by atoms with van der Waals surface area (Å²) in [5, 5.41) is 9.69. The molecule has 2 aromatic rings. The number of benzene rings is 1. The first-order chi connectivity index (χ1) is 11.6. The predicted molar refractivity (Wildman–Crippen MR) is 103 cm³/mol. The monoisotopic (exact) mass is 363 g/mol. The van der Waals surface area contributed by atoms with Gasteiger partial charge in [-0.15, -0.1) is 11.3 Å². The van der Waals surface area contributed by atoms with Gasteiger partial charge in [-0.1, -0.05) is 6.07 Å². The Morgan fingerprint density at radius 2 is 2.17 bits per heavy atom. The number of ether oxygens (including phenoxy) is 2. The van der Waals surface area contributed by atoms with Crippen LogP contribution in [0.4, 0.5) is 0 Å². The molecule has 0 aliphatic heterocycles. The van der Waals surface area contributed by atoms with E-state index in [4.69, 9.17) is 21.7 Å². The summed E-state index contributed by atoms with van der Waals surface area (Å²) in [5.74, 6) is 1.37. The van der Waals surface area contributed by atoms with E-state index < -0.39 is 0 Å². The fraction of sp³-hybridized carbons (Fsp3) is 0.294. The third kappa shape index (κ3) is 5.82. The van der Waals surface area contributed by atoms with Crippen molar-refractivity contribution in [2.24, 2.45) is 5.10 Å². The molecule has 0 saturated carbocycles. The summed E-state index contributed by atoms with van der Waals surface area (Å²) in [5.41, 5.74) is 3.66. The lowest BCUT2D eigenvalue weighted by Crippen LogP contribution is -2.36. The highest BCUT2D eigenvalue weighted by Crippen LogP contribution is 2.28. The van der Waals surface area contributed by atoms with E-state index in [1.165, 1.54) is 0 Å². The van der Waals surface area contributed by atoms with E-state index in [-0.39, 0.29) is 6.04 Å². The van der Waals surface area contributed by atoms with Crippen molar-refractivity contribution >= 4 is 34.9 Å². The molecule has 0 aliphatic rings. The van der Waals surface area contributed by atoms with E-state index >= 15 is 0 Å². The van der Waals surface area contributed by atoms with Gasteiger partial charge in [-0.25, -0.2) is 0 Å². The largest absolute Gasteiger partial charge is 0.493 e. The predicted octanol–water partition coefficient (Wildman–Crippen LogP) is 3.54. The van der Waals surface area contributed by atoms with Gasteiger partial charge in [-0.05, 0) is 61.3 Å². The average molecular weight is 364 g/mol. The molecule has 0 radical (unpaired) electrons. The third-order valence-electron chi connectivity index (χ3n) is 2.94. The minimum Gasteiger partial charge on any atom is -0.493 e. The summed E-state index contributed by atoms with van der Waals surface area (Å²) in [6, 6.07) is 9.96. The minimum absolute atomic E-state index is 0.264. The number of hydrogen-bond donors (Lipinski definition) is 2. The highest BCUT2D eigenvalue weighted by Gasteiger charge is 2.06. The Bertz CT molecular complexity index is 685. The molecule has 24 heavy (non-hydrogen) atoms. The molecule has 0 aliphatic carbocycles. The van der Waals surface area contributed by atoms with Gasteiger partial charge in [0.05, 0.1) is 13.3 Å². The molecule has 0 bridgehead atoms. The average Bonchev–Trinajstić information content (AvgIpc) is 3.06. The van der Waals surface area contributed by atoms with Gasteiger partial charge in [0.25, 0.3) is 0 Å². The number of thiocarbonyl (C=S) groups is 1. The van der Waals surface area contributed by atoms with Gasteiger partial charge in [0.1, 0.15) is 6.61 Å². The molecular formula is C17H21N3O2S2. The van der Waals surface area contributed by atoms with Crippen LogP contribution in [0.25, 0.3) is 0 Å². The van der Waals surface area contributed by atoms with Gasteiger partial charge in [0.15, 0.2) is 16.6 Å². The Hall–Kier alpha value is -2.12. The molecule has 2 rings (SSSR count). The lowest BCUT2D eigenvalue weighted by Gasteiger charge is -2.11. The van der Waals surface area contributed by atoms with Crippen molar-refractivity contribution in [1.82, 2.24) is 10.7 Å². The third-order valence-corrected chi connectivity index (χ3v) is 4.00. The molecule has 7 heteroatoms. The van der Waals surface area contributed by atoms with Crippen LogP contribution in [-0.4, -0.2) is 24.5 Å². The Morgan fingerprint density at radius 3 is 2.83 bits per heavy atom. The molecule has 0 amide bonds. The number of rotatable bonds is 7. The maximum absolute atomic E-state index is 5.81. The normalized spacial score (nSPS) is 10.8. The second-order valence-corrected chi connectivity index (χ2v) is 6.72. The summed E-state index contributed by atoms with van der Waals surface area (Å²) in [4.78, 5) is 1.16. The zero-order valence-corrected chi connectivity index (χ0v) is 15.5. The highest BCUT2D eigenvalue weighted by atomic mass is 32.1. The number of hydrazone groups is 1. The van der Waals surface area contributed by atoms with Crippen LogP contribution in [0.3, 0.4) is 0 Å².